The molecule has 2 aromatic carbocycles. The van der Waals surface area contributed by atoms with Gasteiger partial charge in [-0.3, -0.25) is 0 Å². The number of nitrogen functional groups attached to an aromatic ring is 1. The number of anilines is 1. The second kappa shape index (κ2) is 6.09. The van der Waals surface area contributed by atoms with Crippen molar-refractivity contribution in [2.24, 2.45) is 0 Å². The highest BCUT2D eigenvalue weighted by Crippen LogP contribution is 2.18. The summed E-state index contributed by atoms with van der Waals surface area (Å²) >= 11 is 0. The fraction of sp³-hybridized carbons (Fsp3) is 0.200. The molecule has 0 atom stereocenters. The first-order chi connectivity index (χ1) is 9.15. The molecule has 3 nitrogen and oxygen atoms in total. The van der Waals surface area contributed by atoms with E-state index < -0.39 is 0 Å². The smallest absolute Gasteiger partial charge is 0.165 e. The lowest BCUT2D eigenvalue weighted by atomic mass is 10.2. The Kier molecular flexibility index (Phi) is 4.23. The topological polar surface area (TPSA) is 44.5 Å². The maximum absolute atomic E-state index is 13.4. The predicted molar refractivity (Wildman–Crippen MR) is 73.0 cm³/mol. The van der Waals surface area contributed by atoms with Crippen LogP contribution in [0.2, 0.25) is 0 Å². The normalized spacial score (nSPS) is 10.2. The van der Waals surface area contributed by atoms with E-state index in [4.69, 9.17) is 15.2 Å². The van der Waals surface area contributed by atoms with Crippen molar-refractivity contribution in [3.05, 3.63) is 53.8 Å². The van der Waals surface area contributed by atoms with Crippen LogP contribution in [0.1, 0.15) is 5.56 Å². The van der Waals surface area contributed by atoms with Crippen LogP contribution in [0.25, 0.3) is 0 Å². The van der Waals surface area contributed by atoms with Crippen molar-refractivity contribution in [1.29, 1.82) is 0 Å². The zero-order valence-electron chi connectivity index (χ0n) is 10.7. The number of nitrogens with two attached hydrogens (primary N) is 1. The van der Waals surface area contributed by atoms with Gasteiger partial charge in [-0.25, -0.2) is 4.39 Å². The summed E-state index contributed by atoms with van der Waals surface area (Å²) in [6.45, 7) is 2.51. The van der Waals surface area contributed by atoms with E-state index in [1.165, 1.54) is 6.07 Å². The van der Waals surface area contributed by atoms with Crippen LogP contribution >= 0.6 is 0 Å². The van der Waals surface area contributed by atoms with Gasteiger partial charge in [-0.15, -0.1) is 0 Å². The van der Waals surface area contributed by atoms with Crippen molar-refractivity contribution < 1.29 is 13.9 Å². The van der Waals surface area contributed by atoms with Crippen LogP contribution in [0.15, 0.2) is 42.5 Å². The molecule has 2 N–H and O–H groups in total. The van der Waals surface area contributed by atoms with Crippen LogP contribution in [0.4, 0.5) is 10.1 Å². The molecule has 2 aromatic rings. The molecular weight excluding hydrogens is 245 g/mol. The van der Waals surface area contributed by atoms with Crippen LogP contribution in [0.5, 0.6) is 11.5 Å². The Morgan fingerprint density at radius 1 is 1.00 bits per heavy atom. The summed E-state index contributed by atoms with van der Waals surface area (Å²) in [5.74, 6) is 0.599. The van der Waals surface area contributed by atoms with Gasteiger partial charge in [-0.05, 0) is 48.9 Å². The second-order valence-electron chi connectivity index (χ2n) is 4.20. The molecule has 100 valence electrons. The van der Waals surface area contributed by atoms with Gasteiger partial charge in [0.1, 0.15) is 19.0 Å². The molecule has 0 amide bonds. The van der Waals surface area contributed by atoms with Crippen LogP contribution < -0.4 is 15.2 Å². The number of ether oxygens (including phenoxy) is 2. The summed E-state index contributed by atoms with van der Waals surface area (Å²) in [5.41, 5.74) is 7.21. The first-order valence-corrected chi connectivity index (χ1v) is 6.02. The molecule has 0 aliphatic carbocycles. The Labute approximate surface area is 111 Å². The second-order valence-corrected chi connectivity index (χ2v) is 4.20. The lowest BCUT2D eigenvalue weighted by Gasteiger charge is -2.09. The monoisotopic (exact) mass is 261 g/mol. The average molecular weight is 261 g/mol. The highest BCUT2D eigenvalue weighted by Gasteiger charge is 2.03. The van der Waals surface area contributed by atoms with Crippen molar-refractivity contribution in [3.63, 3.8) is 0 Å². The Morgan fingerprint density at radius 2 is 1.68 bits per heavy atom. The SMILES string of the molecule is Cc1ccc(F)c(OCCOc2ccc(N)cc2)c1. The molecular formula is C15H16FNO2. The Balaban J connectivity index is 1.80. The molecule has 0 aromatic heterocycles. The average Bonchev–Trinajstić information content (AvgIpc) is 2.40. The maximum atomic E-state index is 13.4. The van der Waals surface area contributed by atoms with Gasteiger partial charge in [0.25, 0.3) is 0 Å². The van der Waals surface area contributed by atoms with Gasteiger partial charge in [-0.1, -0.05) is 6.07 Å². The van der Waals surface area contributed by atoms with Crippen LogP contribution in [-0.4, -0.2) is 13.2 Å². The van der Waals surface area contributed by atoms with Gasteiger partial charge < -0.3 is 15.2 Å². The van der Waals surface area contributed by atoms with Gasteiger partial charge in [0, 0.05) is 5.69 Å². The third-order valence-corrected chi connectivity index (χ3v) is 2.58. The van der Waals surface area contributed by atoms with Crippen molar-refractivity contribution in [2.45, 2.75) is 6.92 Å². The van der Waals surface area contributed by atoms with Crippen LogP contribution in [0.3, 0.4) is 0 Å². The Hall–Kier alpha value is -2.23. The summed E-state index contributed by atoms with van der Waals surface area (Å²) in [7, 11) is 0. The van der Waals surface area contributed by atoms with E-state index in [0.717, 1.165) is 5.56 Å². The molecule has 0 aliphatic rings. The highest BCUT2D eigenvalue weighted by atomic mass is 19.1. The van der Waals surface area contributed by atoms with Crippen molar-refractivity contribution >= 4 is 5.69 Å². The van der Waals surface area contributed by atoms with Crippen molar-refractivity contribution in [1.82, 2.24) is 0 Å². The van der Waals surface area contributed by atoms with E-state index in [-0.39, 0.29) is 18.2 Å². The van der Waals surface area contributed by atoms with E-state index in [1.54, 1.807) is 36.4 Å². The molecule has 0 radical (unpaired) electrons. The Morgan fingerprint density at radius 3 is 2.42 bits per heavy atom. The summed E-state index contributed by atoms with van der Waals surface area (Å²) < 4.78 is 24.2. The summed E-state index contributed by atoms with van der Waals surface area (Å²) in [5, 5.41) is 0. The molecule has 2 rings (SSSR count). The standard InChI is InChI=1S/C15H16FNO2/c1-11-2-7-14(16)15(10-11)19-9-8-18-13-5-3-12(17)4-6-13/h2-7,10H,8-9,17H2,1H3. The van der Waals surface area contributed by atoms with Gasteiger partial charge in [0.15, 0.2) is 11.6 Å². The van der Waals surface area contributed by atoms with Gasteiger partial charge in [-0.2, -0.15) is 0 Å². The highest BCUT2D eigenvalue weighted by molar-refractivity contribution is 5.41. The van der Waals surface area contributed by atoms with Gasteiger partial charge in [0.2, 0.25) is 0 Å². The zero-order chi connectivity index (χ0) is 13.7. The molecule has 4 heteroatoms. The number of benzene rings is 2. The lowest BCUT2D eigenvalue weighted by Crippen LogP contribution is -2.09. The van der Waals surface area contributed by atoms with Gasteiger partial charge in [0.05, 0.1) is 0 Å². The predicted octanol–water partition coefficient (Wildman–Crippen LogP) is 3.17. The van der Waals surface area contributed by atoms with E-state index in [9.17, 15) is 4.39 Å². The fourth-order valence-electron chi connectivity index (χ4n) is 1.60. The number of rotatable bonds is 5. The molecule has 0 saturated heterocycles. The molecule has 0 unspecified atom stereocenters. The minimum atomic E-state index is -0.363. The summed E-state index contributed by atoms with van der Waals surface area (Å²) in [6, 6.07) is 11.8. The molecule has 0 fully saturated rings. The molecule has 0 aliphatic heterocycles. The van der Waals surface area contributed by atoms with E-state index >= 15 is 0 Å². The molecule has 0 bridgehead atoms. The van der Waals surface area contributed by atoms with Crippen LogP contribution in [0, 0.1) is 12.7 Å². The summed E-state index contributed by atoms with van der Waals surface area (Å²) in [6.07, 6.45) is 0. The van der Waals surface area contributed by atoms with Crippen molar-refractivity contribution in [3.8, 4) is 11.5 Å². The Bertz CT molecular complexity index is 540. The molecule has 0 spiro atoms. The van der Waals surface area contributed by atoms with E-state index in [0.29, 0.717) is 18.0 Å². The number of hydrogen-bond acceptors (Lipinski definition) is 3. The van der Waals surface area contributed by atoms with E-state index in [1.807, 2.05) is 6.92 Å². The molecule has 0 heterocycles. The largest absolute Gasteiger partial charge is 0.490 e. The zero-order valence-corrected chi connectivity index (χ0v) is 10.7. The van der Waals surface area contributed by atoms with Gasteiger partial charge >= 0.3 is 0 Å². The third-order valence-electron chi connectivity index (χ3n) is 2.58. The van der Waals surface area contributed by atoms with Crippen LogP contribution in [-0.2, 0) is 0 Å². The quantitative estimate of drug-likeness (QED) is 0.664. The lowest BCUT2D eigenvalue weighted by molar-refractivity contribution is 0.211. The fourth-order valence-corrected chi connectivity index (χ4v) is 1.60. The number of halogens is 1. The van der Waals surface area contributed by atoms with Crippen molar-refractivity contribution in [2.75, 3.05) is 18.9 Å². The first kappa shape index (κ1) is 13.2. The molecule has 19 heavy (non-hydrogen) atoms. The van der Waals surface area contributed by atoms with E-state index in [2.05, 4.69) is 0 Å². The third kappa shape index (κ3) is 3.88. The summed E-state index contributed by atoms with van der Waals surface area (Å²) in [4.78, 5) is 0. The maximum Gasteiger partial charge on any atom is 0.165 e. The number of hydrogen-bond donors (Lipinski definition) is 1. The number of aryl methyl sites for hydroxylation is 1. The minimum absolute atomic E-state index is 0.251. The first-order valence-electron chi connectivity index (χ1n) is 6.02. The molecule has 0 saturated carbocycles. The minimum Gasteiger partial charge on any atom is -0.490 e.